The third kappa shape index (κ3) is 2.93. The van der Waals surface area contributed by atoms with Gasteiger partial charge >= 0.3 is 0 Å². The summed E-state index contributed by atoms with van der Waals surface area (Å²) in [5.74, 6) is 0. The van der Waals surface area contributed by atoms with E-state index in [4.69, 9.17) is 11.6 Å². The van der Waals surface area contributed by atoms with Gasteiger partial charge in [0.2, 0.25) is 5.43 Å². The predicted octanol–water partition coefficient (Wildman–Crippen LogP) is 4.05. The van der Waals surface area contributed by atoms with E-state index in [1.165, 1.54) is 6.07 Å². The Morgan fingerprint density at radius 3 is 2.65 bits per heavy atom. The first-order chi connectivity index (χ1) is 12.6. The molecule has 0 N–H and O–H groups in total. The fourth-order valence-corrected chi connectivity index (χ4v) is 3.01. The second-order valence-electron chi connectivity index (χ2n) is 5.89. The second-order valence-corrected chi connectivity index (χ2v) is 6.30. The summed E-state index contributed by atoms with van der Waals surface area (Å²) in [4.78, 5) is 12.5. The maximum absolute atomic E-state index is 12.5. The molecule has 4 aromatic rings. The van der Waals surface area contributed by atoms with Gasteiger partial charge in [0, 0.05) is 12.3 Å². The molecule has 5 nitrogen and oxygen atoms in total. The van der Waals surface area contributed by atoms with Gasteiger partial charge < -0.3 is 0 Å². The van der Waals surface area contributed by atoms with Gasteiger partial charge in [-0.05, 0) is 42.8 Å². The van der Waals surface area contributed by atoms with Crippen molar-refractivity contribution < 1.29 is 0 Å². The zero-order valence-electron chi connectivity index (χ0n) is 14.0. The largest absolute Gasteiger partial charge is 0.287 e. The van der Waals surface area contributed by atoms with Gasteiger partial charge in [-0.1, -0.05) is 35.9 Å². The Morgan fingerprint density at radius 2 is 1.85 bits per heavy atom. The molecule has 0 saturated heterocycles. The normalized spacial score (nSPS) is 10.8. The van der Waals surface area contributed by atoms with E-state index >= 15 is 0 Å². The van der Waals surface area contributed by atoms with Crippen LogP contribution >= 0.6 is 11.6 Å². The number of aryl methyl sites for hydroxylation is 1. The highest BCUT2D eigenvalue weighted by atomic mass is 35.5. The molecular weight excluding hydrogens is 348 g/mol. The van der Waals surface area contributed by atoms with E-state index in [0.717, 1.165) is 11.3 Å². The van der Waals surface area contributed by atoms with Gasteiger partial charge in [0.05, 0.1) is 28.3 Å². The third-order valence-corrected chi connectivity index (χ3v) is 4.36. The Kier molecular flexibility index (Phi) is 4.14. The van der Waals surface area contributed by atoms with E-state index in [2.05, 4.69) is 10.2 Å². The first-order valence-electron chi connectivity index (χ1n) is 8.10. The lowest BCUT2D eigenvalue weighted by Gasteiger charge is -2.11. The summed E-state index contributed by atoms with van der Waals surface area (Å²) >= 11 is 6.29. The molecule has 2 aromatic heterocycles. The molecular formula is C20H15ClN4O. The maximum atomic E-state index is 12.5. The van der Waals surface area contributed by atoms with E-state index in [1.807, 2.05) is 49.4 Å². The molecule has 0 saturated carbocycles. The van der Waals surface area contributed by atoms with Gasteiger partial charge in [0.15, 0.2) is 5.69 Å². The number of para-hydroxylation sites is 1. The Balaban J connectivity index is 1.88. The molecule has 0 amide bonds. The van der Waals surface area contributed by atoms with E-state index in [1.54, 1.807) is 33.9 Å². The summed E-state index contributed by atoms with van der Waals surface area (Å²) in [6.07, 6.45) is 3.29. The lowest BCUT2D eigenvalue weighted by molar-refractivity contribution is 0.822. The van der Waals surface area contributed by atoms with Crippen molar-refractivity contribution in [3.05, 3.63) is 93.9 Å². The minimum atomic E-state index is -0.178. The molecule has 0 spiro atoms. The lowest BCUT2D eigenvalue weighted by Crippen LogP contribution is -2.15. The van der Waals surface area contributed by atoms with Crippen LogP contribution in [0.2, 0.25) is 5.02 Å². The number of aromatic nitrogens is 4. The summed E-state index contributed by atoms with van der Waals surface area (Å²) in [5, 5.41) is 9.42. The molecule has 0 unspecified atom stereocenters. The van der Waals surface area contributed by atoms with E-state index in [9.17, 15) is 4.79 Å². The van der Waals surface area contributed by atoms with Crippen molar-refractivity contribution in [3.63, 3.8) is 0 Å². The standard InChI is InChI=1S/C20H15ClN4O/c1-14-5-4-6-15(13-14)24-12-10-19(26)20(23-24)18-9-11-22-25(18)17-8-3-2-7-16(17)21/h2-13H,1H3. The third-order valence-electron chi connectivity index (χ3n) is 4.04. The summed E-state index contributed by atoms with van der Waals surface area (Å²) < 4.78 is 3.32. The fraction of sp³-hybridized carbons (Fsp3) is 0.0500. The van der Waals surface area contributed by atoms with Crippen molar-refractivity contribution in [3.8, 4) is 22.8 Å². The van der Waals surface area contributed by atoms with Crippen molar-refractivity contribution in [2.75, 3.05) is 0 Å². The molecule has 0 bridgehead atoms. The molecule has 6 heteroatoms. The van der Waals surface area contributed by atoms with Crippen LogP contribution < -0.4 is 5.43 Å². The van der Waals surface area contributed by atoms with Crippen molar-refractivity contribution in [2.45, 2.75) is 6.92 Å². The van der Waals surface area contributed by atoms with Gasteiger partial charge in [0.25, 0.3) is 0 Å². The number of halogens is 1. The first kappa shape index (κ1) is 16.3. The number of hydrogen-bond donors (Lipinski definition) is 0. The van der Waals surface area contributed by atoms with Crippen LogP contribution in [0.4, 0.5) is 0 Å². The Labute approximate surface area is 155 Å². The highest BCUT2D eigenvalue weighted by Gasteiger charge is 2.15. The molecule has 26 heavy (non-hydrogen) atoms. The lowest BCUT2D eigenvalue weighted by atomic mass is 10.2. The monoisotopic (exact) mass is 362 g/mol. The summed E-state index contributed by atoms with van der Waals surface area (Å²) in [5.41, 5.74) is 3.42. The van der Waals surface area contributed by atoms with Crippen LogP contribution in [0.5, 0.6) is 0 Å². The Bertz CT molecular complexity index is 1150. The second kappa shape index (κ2) is 6.61. The number of benzene rings is 2. The first-order valence-corrected chi connectivity index (χ1v) is 8.47. The minimum absolute atomic E-state index is 0.178. The van der Waals surface area contributed by atoms with Gasteiger partial charge in [-0.15, -0.1) is 0 Å². The Morgan fingerprint density at radius 1 is 1.00 bits per heavy atom. The van der Waals surface area contributed by atoms with Crippen molar-refractivity contribution in [2.24, 2.45) is 0 Å². The van der Waals surface area contributed by atoms with Crippen LogP contribution in [-0.2, 0) is 0 Å². The minimum Gasteiger partial charge on any atom is -0.287 e. The van der Waals surface area contributed by atoms with Crippen LogP contribution in [0, 0.1) is 6.92 Å². The highest BCUT2D eigenvalue weighted by molar-refractivity contribution is 6.32. The van der Waals surface area contributed by atoms with Gasteiger partial charge in [-0.2, -0.15) is 10.2 Å². The molecule has 0 aliphatic heterocycles. The average Bonchev–Trinajstić information content (AvgIpc) is 3.12. The molecule has 0 fully saturated rings. The van der Waals surface area contributed by atoms with Crippen LogP contribution in [-0.4, -0.2) is 19.6 Å². The molecule has 4 rings (SSSR count). The SMILES string of the molecule is Cc1cccc(-n2ccc(=O)c(-c3ccnn3-c3ccccc3Cl)n2)c1. The van der Waals surface area contributed by atoms with Gasteiger partial charge in [0.1, 0.15) is 0 Å². The number of rotatable bonds is 3. The van der Waals surface area contributed by atoms with Crippen LogP contribution in [0.3, 0.4) is 0 Å². The molecule has 0 atom stereocenters. The quantitative estimate of drug-likeness (QED) is 0.552. The zero-order valence-corrected chi connectivity index (χ0v) is 14.8. The van der Waals surface area contributed by atoms with Crippen molar-refractivity contribution in [1.82, 2.24) is 19.6 Å². The van der Waals surface area contributed by atoms with Crippen molar-refractivity contribution in [1.29, 1.82) is 0 Å². The van der Waals surface area contributed by atoms with Crippen LogP contribution in [0.25, 0.3) is 22.8 Å². The van der Waals surface area contributed by atoms with Crippen molar-refractivity contribution >= 4 is 11.6 Å². The molecule has 2 aromatic carbocycles. The molecule has 2 heterocycles. The van der Waals surface area contributed by atoms with Crippen LogP contribution in [0.15, 0.2) is 77.9 Å². The summed E-state index contributed by atoms with van der Waals surface area (Å²) in [7, 11) is 0. The average molecular weight is 363 g/mol. The highest BCUT2D eigenvalue weighted by Crippen LogP contribution is 2.24. The topological polar surface area (TPSA) is 52.7 Å². The zero-order chi connectivity index (χ0) is 18.1. The van der Waals surface area contributed by atoms with Crippen LogP contribution in [0.1, 0.15) is 5.56 Å². The van der Waals surface area contributed by atoms with Gasteiger partial charge in [-0.25, -0.2) is 9.36 Å². The smallest absolute Gasteiger partial charge is 0.209 e. The van der Waals surface area contributed by atoms with E-state index < -0.39 is 0 Å². The van der Waals surface area contributed by atoms with Gasteiger partial charge in [-0.3, -0.25) is 4.79 Å². The maximum Gasteiger partial charge on any atom is 0.209 e. The predicted molar refractivity (Wildman–Crippen MR) is 102 cm³/mol. The molecule has 0 aliphatic rings. The number of hydrogen-bond acceptors (Lipinski definition) is 3. The summed E-state index contributed by atoms with van der Waals surface area (Å²) in [6, 6.07) is 18.5. The molecule has 0 aliphatic carbocycles. The Hall–Kier alpha value is -3.18. The molecule has 128 valence electrons. The van der Waals surface area contributed by atoms with E-state index in [-0.39, 0.29) is 5.43 Å². The van der Waals surface area contributed by atoms with E-state index in [0.29, 0.717) is 22.1 Å². The molecule has 0 radical (unpaired) electrons. The fourth-order valence-electron chi connectivity index (χ4n) is 2.80. The number of nitrogens with zero attached hydrogens (tertiary/aromatic N) is 4. The summed E-state index contributed by atoms with van der Waals surface area (Å²) in [6.45, 7) is 2.01.